The molecule has 2 rings (SSSR count). The number of amides is 2. The fourth-order valence-corrected chi connectivity index (χ4v) is 2.46. The van der Waals surface area contributed by atoms with Crippen molar-refractivity contribution in [2.75, 3.05) is 17.7 Å². The first-order valence-electron chi connectivity index (χ1n) is 7.50. The highest BCUT2D eigenvalue weighted by Gasteiger charge is 2.43. The van der Waals surface area contributed by atoms with Crippen LogP contribution in [0.15, 0.2) is 48.5 Å². The van der Waals surface area contributed by atoms with E-state index in [0.717, 1.165) is 0 Å². The summed E-state index contributed by atoms with van der Waals surface area (Å²) in [5.41, 5.74) is 0.755. The average Bonchev–Trinajstić information content (AvgIpc) is 2.61. The van der Waals surface area contributed by atoms with Gasteiger partial charge in [0.2, 0.25) is 11.7 Å². The van der Waals surface area contributed by atoms with Crippen molar-refractivity contribution in [3.05, 3.63) is 54.1 Å². The average molecular weight is 395 g/mol. The van der Waals surface area contributed by atoms with Crippen molar-refractivity contribution < 1.29 is 19.1 Å². The molecule has 0 saturated heterocycles. The topological polar surface area (TPSA) is 84.5 Å². The zero-order chi connectivity index (χ0) is 19.3. The van der Waals surface area contributed by atoms with Gasteiger partial charge in [0.1, 0.15) is 5.75 Å². The predicted octanol–water partition coefficient (Wildman–Crippen LogP) is 3.65. The monoisotopic (exact) mass is 394 g/mol. The number of methoxy groups -OCH3 is 1. The lowest BCUT2D eigenvalue weighted by Gasteiger charge is -2.19. The molecule has 6 nitrogen and oxygen atoms in total. The Bertz CT molecular complexity index is 838. The van der Waals surface area contributed by atoms with Gasteiger partial charge in [0.25, 0.3) is 10.2 Å². The van der Waals surface area contributed by atoms with Gasteiger partial charge < -0.3 is 15.4 Å². The van der Waals surface area contributed by atoms with Crippen LogP contribution in [0.25, 0.3) is 0 Å². The van der Waals surface area contributed by atoms with Gasteiger partial charge in [0.15, 0.2) is 0 Å². The number of anilines is 2. The number of ketones is 1. The number of ether oxygens (including phenoxy) is 1. The molecular weight excluding hydrogens is 379 g/mol. The van der Waals surface area contributed by atoms with Crippen molar-refractivity contribution >= 4 is 52.2 Å². The van der Waals surface area contributed by atoms with Gasteiger partial charge >= 0.3 is 0 Å². The summed E-state index contributed by atoms with van der Waals surface area (Å²) in [6.45, 7) is 1.31. The van der Waals surface area contributed by atoms with Gasteiger partial charge in [-0.05, 0) is 30.3 Å². The van der Waals surface area contributed by atoms with E-state index in [1.165, 1.54) is 32.2 Å². The van der Waals surface area contributed by atoms with E-state index in [1.807, 2.05) is 0 Å². The van der Waals surface area contributed by atoms with Gasteiger partial charge in [0, 0.05) is 18.2 Å². The summed E-state index contributed by atoms with van der Waals surface area (Å²) < 4.78 is 2.77. The third-order valence-corrected chi connectivity index (χ3v) is 4.06. The Morgan fingerprint density at radius 3 is 2.23 bits per heavy atom. The van der Waals surface area contributed by atoms with Gasteiger partial charge in [-0.2, -0.15) is 0 Å². The van der Waals surface area contributed by atoms with Crippen LogP contribution in [0.4, 0.5) is 11.4 Å². The first kappa shape index (κ1) is 19.8. The van der Waals surface area contributed by atoms with Crippen LogP contribution in [-0.4, -0.2) is 29.0 Å². The molecule has 136 valence electrons. The molecule has 2 N–H and O–H groups in total. The molecule has 0 aliphatic rings. The van der Waals surface area contributed by atoms with Gasteiger partial charge in [-0.3, -0.25) is 14.4 Å². The Labute approximate surface area is 160 Å². The second kappa shape index (κ2) is 8.21. The minimum absolute atomic E-state index is 0.0442. The molecule has 2 aromatic rings. The highest BCUT2D eigenvalue weighted by molar-refractivity contribution is 6.70. The first-order chi connectivity index (χ1) is 12.3. The van der Waals surface area contributed by atoms with Crippen LogP contribution in [0.3, 0.4) is 0 Å². The van der Waals surface area contributed by atoms with Crippen LogP contribution in [0.1, 0.15) is 17.3 Å². The molecule has 0 heterocycles. The van der Waals surface area contributed by atoms with E-state index in [4.69, 9.17) is 27.9 Å². The van der Waals surface area contributed by atoms with E-state index >= 15 is 0 Å². The van der Waals surface area contributed by atoms with Crippen LogP contribution in [-0.2, 0) is 9.59 Å². The van der Waals surface area contributed by atoms with Crippen LogP contribution in [0.2, 0.25) is 0 Å². The largest absolute Gasteiger partial charge is 0.495 e. The number of para-hydroxylation sites is 1. The minimum Gasteiger partial charge on any atom is -0.495 e. The number of nitrogens with one attached hydrogen (secondary N) is 2. The van der Waals surface area contributed by atoms with Crippen LogP contribution in [0, 0.1) is 0 Å². The standard InChI is InChI=1S/C18H16Cl2N2O4/c1-11(23)21-14-10-12(8-9-15(14)26-2)16(24)18(19,20)17(25)22-13-6-4-3-5-7-13/h3-10H,1-2H3,(H,21,23)(H,22,25). The van der Waals surface area contributed by atoms with E-state index < -0.39 is 16.0 Å². The summed E-state index contributed by atoms with van der Waals surface area (Å²) in [7, 11) is 1.42. The number of hydrogen-bond donors (Lipinski definition) is 2. The van der Waals surface area contributed by atoms with Crippen LogP contribution in [0.5, 0.6) is 5.75 Å². The van der Waals surface area contributed by atoms with Crippen molar-refractivity contribution in [1.29, 1.82) is 0 Å². The van der Waals surface area contributed by atoms with Crippen molar-refractivity contribution in [3.63, 3.8) is 0 Å². The maximum absolute atomic E-state index is 12.7. The maximum Gasteiger partial charge on any atom is 0.269 e. The Hall–Kier alpha value is -2.57. The summed E-state index contributed by atoms with van der Waals surface area (Å²) in [6.07, 6.45) is 0. The molecule has 0 aromatic heterocycles. The molecule has 8 heteroatoms. The lowest BCUT2D eigenvalue weighted by Crippen LogP contribution is -2.40. The second-order valence-corrected chi connectivity index (χ2v) is 6.65. The fourth-order valence-electron chi connectivity index (χ4n) is 2.15. The molecule has 2 amide bonds. The SMILES string of the molecule is COc1ccc(C(=O)C(Cl)(Cl)C(=O)Nc2ccccc2)cc1NC(C)=O. The molecule has 0 radical (unpaired) electrons. The van der Waals surface area contributed by atoms with Crippen molar-refractivity contribution in [1.82, 2.24) is 0 Å². The van der Waals surface area contributed by atoms with E-state index in [1.54, 1.807) is 30.3 Å². The summed E-state index contributed by atoms with van der Waals surface area (Å²) in [5.74, 6) is -1.71. The lowest BCUT2D eigenvalue weighted by molar-refractivity contribution is -0.116. The molecule has 0 unspecified atom stereocenters. The lowest BCUT2D eigenvalue weighted by atomic mass is 10.1. The maximum atomic E-state index is 12.7. The Morgan fingerprint density at radius 1 is 1.00 bits per heavy atom. The molecule has 0 aliphatic heterocycles. The highest BCUT2D eigenvalue weighted by Crippen LogP contribution is 2.32. The summed E-state index contributed by atoms with van der Waals surface area (Å²) in [5, 5.41) is 5.02. The van der Waals surface area contributed by atoms with Crippen molar-refractivity contribution in [3.8, 4) is 5.75 Å². The molecule has 0 fully saturated rings. The fraction of sp³-hybridized carbons (Fsp3) is 0.167. The normalized spacial score (nSPS) is 10.8. The molecule has 2 aromatic carbocycles. The van der Waals surface area contributed by atoms with Gasteiger partial charge in [0.05, 0.1) is 12.8 Å². The molecule has 0 saturated carbocycles. The second-order valence-electron chi connectivity index (χ2n) is 5.32. The van der Waals surface area contributed by atoms with E-state index in [9.17, 15) is 14.4 Å². The Balaban J connectivity index is 2.28. The molecule has 0 spiro atoms. The number of carbonyl (C=O) groups is 3. The number of carbonyl (C=O) groups excluding carboxylic acids is 3. The summed E-state index contributed by atoms with van der Waals surface area (Å²) >= 11 is 12.1. The van der Waals surface area contributed by atoms with E-state index in [0.29, 0.717) is 11.4 Å². The summed E-state index contributed by atoms with van der Waals surface area (Å²) in [6, 6.07) is 12.7. The predicted molar refractivity (Wildman–Crippen MR) is 101 cm³/mol. The molecule has 0 atom stereocenters. The zero-order valence-corrected chi connectivity index (χ0v) is 15.5. The number of hydrogen-bond acceptors (Lipinski definition) is 4. The molecule has 0 aliphatic carbocycles. The van der Waals surface area contributed by atoms with E-state index in [-0.39, 0.29) is 17.2 Å². The smallest absolute Gasteiger partial charge is 0.269 e. The molecule has 26 heavy (non-hydrogen) atoms. The minimum atomic E-state index is -2.35. The Morgan fingerprint density at radius 2 is 1.65 bits per heavy atom. The van der Waals surface area contributed by atoms with Crippen LogP contribution < -0.4 is 15.4 Å². The number of rotatable bonds is 6. The highest BCUT2D eigenvalue weighted by atomic mass is 35.5. The molecule has 0 bridgehead atoms. The van der Waals surface area contributed by atoms with Gasteiger partial charge in [-0.25, -0.2) is 0 Å². The quantitative estimate of drug-likeness (QED) is 0.444. The van der Waals surface area contributed by atoms with Crippen molar-refractivity contribution in [2.24, 2.45) is 0 Å². The number of benzene rings is 2. The number of Topliss-reactive ketones (excluding diaryl/α,β-unsaturated/α-hetero) is 1. The Kier molecular flexibility index (Phi) is 6.23. The number of halogens is 2. The summed E-state index contributed by atoms with van der Waals surface area (Å²) in [4.78, 5) is 36.3. The third kappa shape index (κ3) is 4.53. The number of alkyl halides is 2. The van der Waals surface area contributed by atoms with Gasteiger partial charge in [-0.15, -0.1) is 0 Å². The van der Waals surface area contributed by atoms with Crippen molar-refractivity contribution in [2.45, 2.75) is 11.3 Å². The zero-order valence-electron chi connectivity index (χ0n) is 14.0. The van der Waals surface area contributed by atoms with Gasteiger partial charge in [-0.1, -0.05) is 41.4 Å². The third-order valence-electron chi connectivity index (χ3n) is 3.37. The molecular formula is C18H16Cl2N2O4. The van der Waals surface area contributed by atoms with E-state index in [2.05, 4.69) is 10.6 Å². The first-order valence-corrected chi connectivity index (χ1v) is 8.26. The van der Waals surface area contributed by atoms with Crippen LogP contribution >= 0.6 is 23.2 Å².